The topological polar surface area (TPSA) is 29.5 Å². The number of anilines is 1. The molecule has 2 aromatic carbocycles. The van der Waals surface area contributed by atoms with Crippen LogP contribution in [-0.4, -0.2) is 18.9 Å². The van der Waals surface area contributed by atoms with Gasteiger partial charge in [-0.3, -0.25) is 9.69 Å². The van der Waals surface area contributed by atoms with Gasteiger partial charge < -0.3 is 4.74 Å². The predicted molar refractivity (Wildman–Crippen MR) is 79.6 cm³/mol. The van der Waals surface area contributed by atoms with Crippen molar-refractivity contribution in [1.82, 2.24) is 0 Å². The fourth-order valence-corrected chi connectivity index (χ4v) is 2.73. The number of ether oxygens (including phenoxy) is 1. The van der Waals surface area contributed by atoms with Crippen molar-refractivity contribution in [3.05, 3.63) is 59.7 Å². The Bertz CT molecular complexity index is 801. The van der Waals surface area contributed by atoms with Crippen LogP contribution in [0.25, 0.3) is 0 Å². The predicted octanol–water partition coefficient (Wildman–Crippen LogP) is 4.44. The number of benzene rings is 2. The summed E-state index contributed by atoms with van der Waals surface area (Å²) in [4.78, 5) is 12.5. The van der Waals surface area contributed by atoms with Crippen molar-refractivity contribution in [3.63, 3.8) is 0 Å². The SMILES string of the molecule is COc1ccc([C@@H]2N(c3cccc(C(F)(F)F)c3)C(=O)C2(F)F)cc1. The van der Waals surface area contributed by atoms with Gasteiger partial charge in [-0.15, -0.1) is 0 Å². The molecular formula is C17H12F5NO2. The summed E-state index contributed by atoms with van der Waals surface area (Å²) < 4.78 is 71.6. The lowest BCUT2D eigenvalue weighted by atomic mass is 9.88. The Morgan fingerprint density at radius 1 is 1.08 bits per heavy atom. The van der Waals surface area contributed by atoms with Crippen LogP contribution >= 0.6 is 0 Å². The van der Waals surface area contributed by atoms with Gasteiger partial charge in [-0.1, -0.05) is 18.2 Å². The zero-order valence-electron chi connectivity index (χ0n) is 12.8. The second-order valence-corrected chi connectivity index (χ2v) is 5.52. The Hall–Kier alpha value is -2.64. The van der Waals surface area contributed by atoms with Gasteiger partial charge >= 0.3 is 18.0 Å². The summed E-state index contributed by atoms with van der Waals surface area (Å²) in [6.07, 6.45) is -4.64. The molecule has 132 valence electrons. The molecule has 0 aliphatic carbocycles. The number of alkyl halides is 5. The summed E-state index contributed by atoms with van der Waals surface area (Å²) in [5.74, 6) is -4.79. The molecule has 1 saturated heterocycles. The average molecular weight is 357 g/mol. The van der Waals surface area contributed by atoms with Gasteiger partial charge in [-0.05, 0) is 35.9 Å². The van der Waals surface area contributed by atoms with Crippen molar-refractivity contribution in [2.24, 2.45) is 0 Å². The first-order valence-electron chi connectivity index (χ1n) is 7.19. The lowest BCUT2D eigenvalue weighted by Gasteiger charge is -2.46. The third-order valence-electron chi connectivity index (χ3n) is 3.99. The number of nitrogens with zero attached hydrogens (tertiary/aromatic N) is 1. The monoisotopic (exact) mass is 357 g/mol. The number of β-lactam (4-membered cyclic amide) rings is 1. The van der Waals surface area contributed by atoms with Crippen LogP contribution in [0.5, 0.6) is 5.75 Å². The standard InChI is InChI=1S/C17H12F5NO2/c1-25-13-7-5-10(6-8-13)14-16(18,19)15(24)23(14)12-4-2-3-11(9-12)17(20,21)22/h2-9,14H,1H3/t14-/m0/s1. The molecule has 25 heavy (non-hydrogen) atoms. The molecule has 1 aliphatic heterocycles. The Kier molecular flexibility index (Phi) is 3.93. The van der Waals surface area contributed by atoms with E-state index >= 15 is 0 Å². The Balaban J connectivity index is 2.01. The number of carbonyl (C=O) groups excluding carboxylic acids is 1. The van der Waals surface area contributed by atoms with E-state index < -0.39 is 29.6 Å². The van der Waals surface area contributed by atoms with Gasteiger partial charge in [0.05, 0.1) is 12.7 Å². The number of amides is 1. The first-order chi connectivity index (χ1) is 11.7. The Morgan fingerprint density at radius 3 is 2.28 bits per heavy atom. The number of methoxy groups -OCH3 is 1. The first-order valence-corrected chi connectivity index (χ1v) is 7.19. The third kappa shape index (κ3) is 2.81. The molecule has 0 radical (unpaired) electrons. The lowest BCUT2D eigenvalue weighted by Crippen LogP contribution is -2.64. The molecule has 1 atom stereocenters. The molecule has 1 heterocycles. The number of hydrogen-bond donors (Lipinski definition) is 0. The summed E-state index contributed by atoms with van der Waals surface area (Å²) in [5, 5.41) is 0. The third-order valence-corrected chi connectivity index (χ3v) is 3.99. The van der Waals surface area contributed by atoms with Crippen LogP contribution in [0.1, 0.15) is 17.2 Å². The highest BCUT2D eigenvalue weighted by Crippen LogP contribution is 2.50. The first kappa shape index (κ1) is 17.2. The van der Waals surface area contributed by atoms with Crippen LogP contribution in [0.3, 0.4) is 0 Å². The maximum Gasteiger partial charge on any atom is 0.416 e. The molecule has 0 spiro atoms. The van der Waals surface area contributed by atoms with Crippen LogP contribution < -0.4 is 9.64 Å². The average Bonchev–Trinajstić information content (AvgIpc) is 2.58. The molecule has 0 N–H and O–H groups in total. The zero-order valence-corrected chi connectivity index (χ0v) is 12.8. The molecule has 8 heteroatoms. The highest BCUT2D eigenvalue weighted by molar-refractivity contribution is 6.07. The van der Waals surface area contributed by atoms with Gasteiger partial charge in [0.2, 0.25) is 0 Å². The van der Waals surface area contributed by atoms with E-state index in [0.717, 1.165) is 12.1 Å². The largest absolute Gasteiger partial charge is 0.497 e. The summed E-state index contributed by atoms with van der Waals surface area (Å²) in [5.41, 5.74) is -1.14. The minimum absolute atomic E-state index is 0.0998. The normalized spacial score (nSPS) is 19.5. The molecule has 0 unspecified atom stereocenters. The fourth-order valence-electron chi connectivity index (χ4n) is 2.73. The van der Waals surface area contributed by atoms with E-state index in [1.807, 2.05) is 0 Å². The number of carbonyl (C=O) groups is 1. The molecule has 1 fully saturated rings. The minimum Gasteiger partial charge on any atom is -0.497 e. The van der Waals surface area contributed by atoms with E-state index in [-0.39, 0.29) is 11.3 Å². The van der Waals surface area contributed by atoms with Crippen LogP contribution in [0, 0.1) is 0 Å². The van der Waals surface area contributed by atoms with Crippen molar-refractivity contribution in [2.45, 2.75) is 18.1 Å². The Morgan fingerprint density at radius 2 is 1.72 bits per heavy atom. The molecule has 0 saturated carbocycles. The quantitative estimate of drug-likeness (QED) is 0.601. The molecule has 2 aromatic rings. The van der Waals surface area contributed by atoms with E-state index in [2.05, 4.69) is 0 Å². The van der Waals surface area contributed by atoms with Gasteiger partial charge in [-0.25, -0.2) is 0 Å². The van der Waals surface area contributed by atoms with E-state index in [0.29, 0.717) is 16.7 Å². The summed E-state index contributed by atoms with van der Waals surface area (Å²) in [7, 11) is 1.41. The van der Waals surface area contributed by atoms with Crippen molar-refractivity contribution < 1.29 is 31.5 Å². The van der Waals surface area contributed by atoms with E-state index in [4.69, 9.17) is 4.74 Å². The Labute approximate surface area is 139 Å². The van der Waals surface area contributed by atoms with Crippen LogP contribution in [0.15, 0.2) is 48.5 Å². The smallest absolute Gasteiger partial charge is 0.416 e. The minimum atomic E-state index is -4.64. The fraction of sp³-hybridized carbons (Fsp3) is 0.235. The molecule has 3 nitrogen and oxygen atoms in total. The van der Waals surface area contributed by atoms with Crippen molar-refractivity contribution in [1.29, 1.82) is 0 Å². The molecule has 3 rings (SSSR count). The number of rotatable bonds is 3. The summed E-state index contributed by atoms with van der Waals surface area (Å²) in [6.45, 7) is 0. The second-order valence-electron chi connectivity index (χ2n) is 5.52. The lowest BCUT2D eigenvalue weighted by molar-refractivity contribution is -0.162. The van der Waals surface area contributed by atoms with E-state index in [1.165, 1.54) is 37.4 Å². The molecule has 0 aromatic heterocycles. The van der Waals surface area contributed by atoms with Gasteiger partial charge in [0, 0.05) is 5.69 Å². The van der Waals surface area contributed by atoms with Gasteiger partial charge in [0.1, 0.15) is 11.8 Å². The highest BCUT2D eigenvalue weighted by atomic mass is 19.4. The van der Waals surface area contributed by atoms with E-state index in [1.54, 1.807) is 0 Å². The maximum absolute atomic E-state index is 14.1. The van der Waals surface area contributed by atoms with Gasteiger partial charge in [0.15, 0.2) is 0 Å². The van der Waals surface area contributed by atoms with Crippen molar-refractivity contribution in [2.75, 3.05) is 12.0 Å². The number of hydrogen-bond acceptors (Lipinski definition) is 2. The molecular weight excluding hydrogens is 345 g/mol. The summed E-state index contributed by atoms with van der Waals surface area (Å²) in [6, 6.07) is 7.69. The molecule has 0 bridgehead atoms. The van der Waals surface area contributed by atoms with Gasteiger partial charge in [0.25, 0.3) is 0 Å². The zero-order chi connectivity index (χ0) is 18.4. The van der Waals surface area contributed by atoms with Crippen molar-refractivity contribution >= 4 is 11.6 Å². The molecule has 1 aliphatic rings. The number of halogens is 5. The van der Waals surface area contributed by atoms with Crippen LogP contribution in [-0.2, 0) is 11.0 Å². The summed E-state index contributed by atoms with van der Waals surface area (Å²) >= 11 is 0. The van der Waals surface area contributed by atoms with Crippen molar-refractivity contribution in [3.8, 4) is 5.75 Å². The molecule has 1 amide bonds. The second kappa shape index (κ2) is 5.72. The maximum atomic E-state index is 14.1. The highest BCUT2D eigenvalue weighted by Gasteiger charge is 2.64. The van der Waals surface area contributed by atoms with Crippen LogP contribution in [0.2, 0.25) is 0 Å². The van der Waals surface area contributed by atoms with E-state index in [9.17, 15) is 26.7 Å². The van der Waals surface area contributed by atoms with Gasteiger partial charge in [-0.2, -0.15) is 22.0 Å². The van der Waals surface area contributed by atoms with Crippen LogP contribution in [0.4, 0.5) is 27.6 Å².